The van der Waals surface area contributed by atoms with Gasteiger partial charge >= 0.3 is 14.7 Å². The fourth-order valence-electron chi connectivity index (χ4n) is 3.92. The summed E-state index contributed by atoms with van der Waals surface area (Å²) in [5, 5.41) is 3.17. The summed E-state index contributed by atoms with van der Waals surface area (Å²) in [5.74, 6) is -1.44. The maximum Gasteiger partial charge on any atom is 0.407 e. The predicted octanol–water partition coefficient (Wildman–Crippen LogP) is 5.22. The molecule has 3 unspecified atom stereocenters. The summed E-state index contributed by atoms with van der Waals surface area (Å²) < 4.78 is 58.8. The van der Waals surface area contributed by atoms with Gasteiger partial charge in [0, 0.05) is 24.7 Å². The van der Waals surface area contributed by atoms with Gasteiger partial charge in [0.25, 0.3) is 10.1 Å². The van der Waals surface area contributed by atoms with E-state index in [2.05, 4.69) is 39.2 Å². The molecule has 0 bridgehead atoms. The van der Waals surface area contributed by atoms with E-state index < -0.39 is 61.4 Å². The van der Waals surface area contributed by atoms with Crippen molar-refractivity contribution in [1.82, 2.24) is 5.32 Å². The molecule has 0 radical (unpaired) electrons. The Labute approximate surface area is 238 Å². The van der Waals surface area contributed by atoms with Crippen LogP contribution in [0.2, 0.25) is 23.2 Å². The number of hydrogen-bond donors (Lipinski definition) is 2. The van der Waals surface area contributed by atoms with E-state index in [-0.39, 0.29) is 18.3 Å². The molecule has 1 aromatic rings. The Bertz CT molecular complexity index is 1030. The molecule has 1 aromatic carbocycles. The molecule has 9 nitrogen and oxygen atoms in total. The van der Waals surface area contributed by atoms with E-state index in [1.807, 2.05) is 51.1 Å². The monoisotopic (exact) mass is 605 g/mol. The average molecular weight is 606 g/mol. The lowest BCUT2D eigenvalue weighted by atomic mass is 10.0. The second-order valence-electron chi connectivity index (χ2n) is 13.6. The summed E-state index contributed by atoms with van der Waals surface area (Å²) in [4.78, 5) is 12.9. The molecule has 0 saturated heterocycles. The minimum atomic E-state index is -4.41. The summed E-state index contributed by atoms with van der Waals surface area (Å²) in [6.07, 6.45) is -0.719. The molecule has 0 saturated carbocycles. The maximum absolute atomic E-state index is 12.9. The number of hydrogen-bond acceptors (Lipinski definition) is 7. The Morgan fingerprint density at radius 3 is 1.87 bits per heavy atom. The van der Waals surface area contributed by atoms with Crippen LogP contribution in [0.4, 0.5) is 4.79 Å². The zero-order valence-electron chi connectivity index (χ0n) is 25.9. The highest BCUT2D eigenvalue weighted by Crippen LogP contribution is 2.38. The molecule has 3 atom stereocenters. The molecule has 0 fully saturated rings. The Balaban J connectivity index is 3.51. The van der Waals surface area contributed by atoms with E-state index in [9.17, 15) is 17.8 Å². The molecular weight excluding hydrogens is 555 g/mol. The summed E-state index contributed by atoms with van der Waals surface area (Å²) >= 11 is 0. The van der Waals surface area contributed by atoms with E-state index in [1.165, 1.54) is 0 Å². The lowest BCUT2D eigenvalue weighted by Crippen LogP contribution is -2.62. The van der Waals surface area contributed by atoms with E-state index in [0.29, 0.717) is 0 Å². The van der Waals surface area contributed by atoms with Crippen LogP contribution >= 0.6 is 0 Å². The number of carbonyl (C=O) groups excluding carboxylic acids is 1. The SMILES string of the molecule is CO[Si](OCC(NC(=O)OC(C)(C)C)C(CO[Si](C)(C)C(C)(C)C)CS(=O)(=O)O)(c1ccccc1)C(C)(C)C. The van der Waals surface area contributed by atoms with Crippen molar-refractivity contribution < 1.29 is 35.8 Å². The van der Waals surface area contributed by atoms with Crippen molar-refractivity contribution in [2.45, 2.75) is 97.1 Å². The molecule has 1 rings (SSSR count). The molecule has 2 N–H and O–H groups in total. The van der Waals surface area contributed by atoms with E-state index >= 15 is 0 Å². The zero-order valence-corrected chi connectivity index (χ0v) is 28.7. The van der Waals surface area contributed by atoms with Crippen molar-refractivity contribution in [1.29, 1.82) is 0 Å². The van der Waals surface area contributed by atoms with Crippen LogP contribution in [-0.2, 0) is 28.1 Å². The third kappa shape index (κ3) is 10.9. The van der Waals surface area contributed by atoms with Crippen LogP contribution in [0.15, 0.2) is 30.3 Å². The van der Waals surface area contributed by atoms with Gasteiger partial charge in [0.05, 0.1) is 18.4 Å². The van der Waals surface area contributed by atoms with Gasteiger partial charge < -0.3 is 23.3 Å². The second-order valence-corrected chi connectivity index (χ2v) is 23.9. The van der Waals surface area contributed by atoms with Crippen LogP contribution < -0.4 is 10.5 Å². The minimum absolute atomic E-state index is 0.00248. The lowest BCUT2D eigenvalue weighted by molar-refractivity contribution is 0.0432. The van der Waals surface area contributed by atoms with Gasteiger partial charge in [-0.15, -0.1) is 0 Å². The fraction of sp³-hybridized carbons (Fsp3) is 0.741. The Morgan fingerprint density at radius 2 is 1.46 bits per heavy atom. The van der Waals surface area contributed by atoms with Gasteiger partial charge in [0.1, 0.15) is 5.60 Å². The third-order valence-electron chi connectivity index (χ3n) is 7.06. The van der Waals surface area contributed by atoms with Gasteiger partial charge in [-0.2, -0.15) is 8.42 Å². The Hall–Kier alpha value is -1.29. The summed E-state index contributed by atoms with van der Waals surface area (Å²) in [6.45, 7) is 21.6. The molecule has 0 aliphatic carbocycles. The van der Waals surface area contributed by atoms with Gasteiger partial charge in [-0.25, -0.2) is 4.79 Å². The first kappa shape index (κ1) is 35.7. The molecule has 39 heavy (non-hydrogen) atoms. The number of alkyl carbamates (subject to hydrolysis) is 1. The quantitative estimate of drug-likeness (QED) is 0.246. The Morgan fingerprint density at radius 1 is 0.923 bits per heavy atom. The molecule has 0 heterocycles. The first-order valence-corrected chi connectivity index (χ1v) is 19.6. The van der Waals surface area contributed by atoms with Gasteiger partial charge in [-0.1, -0.05) is 71.9 Å². The molecule has 12 heteroatoms. The van der Waals surface area contributed by atoms with Gasteiger partial charge in [-0.3, -0.25) is 4.55 Å². The molecule has 1 amide bonds. The lowest BCUT2D eigenvalue weighted by Gasteiger charge is -2.42. The van der Waals surface area contributed by atoms with Crippen molar-refractivity contribution in [3.8, 4) is 0 Å². The van der Waals surface area contributed by atoms with Crippen LogP contribution in [0.5, 0.6) is 0 Å². The molecule has 226 valence electrons. The maximum atomic E-state index is 12.9. The summed E-state index contributed by atoms with van der Waals surface area (Å²) in [5.41, 5.74) is -0.772. The number of amides is 1. The number of carbonyl (C=O) groups is 1. The van der Waals surface area contributed by atoms with E-state index in [1.54, 1.807) is 27.9 Å². The molecule has 0 aliphatic heterocycles. The van der Waals surface area contributed by atoms with Gasteiger partial charge in [0.2, 0.25) is 0 Å². The molecule has 0 aliphatic rings. The Kier molecular flexibility index (Phi) is 12.0. The van der Waals surface area contributed by atoms with Crippen molar-refractivity contribution in [3.63, 3.8) is 0 Å². The van der Waals surface area contributed by atoms with Gasteiger partial charge in [-0.05, 0) is 44.1 Å². The minimum Gasteiger partial charge on any atom is -0.444 e. The summed E-state index contributed by atoms with van der Waals surface area (Å²) in [6, 6.07) is 8.78. The normalized spacial score (nSPS) is 16.7. The highest BCUT2D eigenvalue weighted by atomic mass is 32.2. The predicted molar refractivity (Wildman–Crippen MR) is 161 cm³/mol. The number of benzene rings is 1. The van der Waals surface area contributed by atoms with E-state index in [0.717, 1.165) is 5.19 Å². The zero-order chi connectivity index (χ0) is 30.5. The standard InChI is InChI=1S/C27H51NO8SSi2/c1-25(2,3)36-24(29)28-23(21(20-37(30,31)32)18-34-38(11,12)26(4,5)6)19-35-39(33-10,27(7,8)9)22-16-14-13-15-17-22/h13-17,21,23H,18-20H2,1-12H3,(H,28,29)(H,30,31,32). The highest BCUT2D eigenvalue weighted by Gasteiger charge is 2.51. The average Bonchev–Trinajstić information content (AvgIpc) is 2.73. The molecule has 0 spiro atoms. The summed E-state index contributed by atoms with van der Waals surface area (Å²) in [7, 11) is -8.24. The second kappa shape index (κ2) is 13.1. The van der Waals surface area contributed by atoms with Crippen LogP contribution in [0.1, 0.15) is 62.3 Å². The topological polar surface area (TPSA) is 120 Å². The first-order valence-electron chi connectivity index (χ1n) is 13.3. The highest BCUT2D eigenvalue weighted by molar-refractivity contribution is 7.85. The van der Waals surface area contributed by atoms with Gasteiger partial charge in [0.15, 0.2) is 8.32 Å². The van der Waals surface area contributed by atoms with Crippen LogP contribution in [0, 0.1) is 5.92 Å². The molecular formula is C27H51NO8SSi2. The molecule has 0 aromatic heterocycles. The van der Waals surface area contributed by atoms with Crippen molar-refractivity contribution in [3.05, 3.63) is 30.3 Å². The van der Waals surface area contributed by atoms with Crippen LogP contribution in [0.3, 0.4) is 0 Å². The smallest absolute Gasteiger partial charge is 0.407 e. The van der Waals surface area contributed by atoms with Crippen molar-refractivity contribution in [2.75, 3.05) is 26.1 Å². The van der Waals surface area contributed by atoms with E-state index in [4.69, 9.17) is 18.0 Å². The van der Waals surface area contributed by atoms with Crippen LogP contribution in [-0.4, -0.2) is 73.7 Å². The van der Waals surface area contributed by atoms with Crippen molar-refractivity contribution in [2.24, 2.45) is 5.92 Å². The fourth-order valence-corrected chi connectivity index (χ4v) is 9.33. The van der Waals surface area contributed by atoms with Crippen molar-refractivity contribution >= 4 is 38.3 Å². The third-order valence-corrected chi connectivity index (χ3v) is 16.6. The number of ether oxygens (including phenoxy) is 1. The number of rotatable bonds is 12. The first-order chi connectivity index (χ1) is 17.4. The largest absolute Gasteiger partial charge is 0.444 e. The van der Waals surface area contributed by atoms with Crippen LogP contribution in [0.25, 0.3) is 0 Å². The number of nitrogens with one attached hydrogen (secondary N) is 1.